The van der Waals surface area contributed by atoms with E-state index in [0.29, 0.717) is 0 Å². The topological polar surface area (TPSA) is 53.7 Å². The summed E-state index contributed by atoms with van der Waals surface area (Å²) in [5, 5.41) is 0. The second-order valence-electron chi connectivity index (χ2n) is 3.32. The zero-order chi connectivity index (χ0) is 11.2. The second-order valence-corrected chi connectivity index (χ2v) is 6.41. The third-order valence-corrected chi connectivity index (χ3v) is 5.44. The van der Waals surface area contributed by atoms with E-state index in [-0.39, 0.29) is 0 Å². The first kappa shape index (κ1) is 14.1. The average molecular weight is 221 g/mol. The summed E-state index contributed by atoms with van der Waals surface area (Å²) in [7, 11) is 0.712. The summed E-state index contributed by atoms with van der Waals surface area (Å²) in [6.45, 7) is 6.00. The van der Waals surface area contributed by atoms with E-state index in [1.54, 1.807) is 14.2 Å². The maximum absolute atomic E-state index is 6.06. The van der Waals surface area contributed by atoms with Gasteiger partial charge in [-0.05, 0) is 12.8 Å². The quantitative estimate of drug-likeness (QED) is 0.525. The summed E-state index contributed by atoms with van der Waals surface area (Å²) in [5.74, 6) is 0. The molecule has 0 aliphatic heterocycles. The van der Waals surface area contributed by atoms with E-state index in [9.17, 15) is 0 Å². The van der Waals surface area contributed by atoms with Crippen molar-refractivity contribution in [2.24, 2.45) is 5.73 Å². The van der Waals surface area contributed by atoms with E-state index >= 15 is 0 Å². The highest BCUT2D eigenvalue weighted by atomic mass is 28.4. The van der Waals surface area contributed by atoms with Crippen LogP contribution in [-0.2, 0) is 13.3 Å². The van der Waals surface area contributed by atoms with Gasteiger partial charge in [0.15, 0.2) is 0 Å². The van der Waals surface area contributed by atoms with Gasteiger partial charge in [0.25, 0.3) is 0 Å². The summed E-state index contributed by atoms with van der Waals surface area (Å²) < 4.78 is 16.5. The third kappa shape index (κ3) is 3.32. The Morgan fingerprint density at radius 2 is 1.50 bits per heavy atom. The van der Waals surface area contributed by atoms with Crippen molar-refractivity contribution in [3.8, 4) is 0 Å². The first-order chi connectivity index (χ1) is 6.51. The van der Waals surface area contributed by atoms with Crippen molar-refractivity contribution in [2.75, 3.05) is 14.2 Å². The molecule has 0 saturated carbocycles. The lowest BCUT2D eigenvalue weighted by Gasteiger charge is -2.36. The highest BCUT2D eigenvalue weighted by Crippen LogP contribution is 2.23. The Hall–Kier alpha value is 0.0569. The van der Waals surface area contributed by atoms with Gasteiger partial charge in [-0.25, -0.2) is 0 Å². The Morgan fingerprint density at radius 1 is 1.07 bits per heavy atom. The fourth-order valence-electron chi connectivity index (χ4n) is 1.23. The Kier molecular flexibility index (Phi) is 5.85. The van der Waals surface area contributed by atoms with Gasteiger partial charge in [-0.3, -0.25) is 0 Å². The molecule has 0 aromatic rings. The number of rotatable bonds is 7. The van der Waals surface area contributed by atoms with Crippen LogP contribution in [0.3, 0.4) is 0 Å². The molecule has 2 N–H and O–H groups in total. The normalized spacial score (nSPS) is 13.3. The van der Waals surface area contributed by atoms with Crippen LogP contribution >= 0.6 is 0 Å². The van der Waals surface area contributed by atoms with Crippen LogP contribution in [0.1, 0.15) is 33.6 Å². The van der Waals surface area contributed by atoms with Gasteiger partial charge < -0.3 is 19.0 Å². The van der Waals surface area contributed by atoms with E-state index < -0.39 is 14.5 Å². The number of hydrogen-bond acceptors (Lipinski definition) is 4. The molecule has 0 rings (SSSR count). The summed E-state index contributed by atoms with van der Waals surface area (Å²) >= 11 is 0. The van der Waals surface area contributed by atoms with Crippen LogP contribution in [0.25, 0.3) is 0 Å². The lowest BCUT2D eigenvalue weighted by atomic mass is 10.1. The van der Waals surface area contributed by atoms with Crippen LogP contribution in [0.5, 0.6) is 0 Å². The molecule has 5 heteroatoms. The maximum Gasteiger partial charge on any atom is 0.501 e. The Bertz CT molecular complexity index is 150. The fraction of sp³-hybridized carbons (Fsp3) is 1.00. The van der Waals surface area contributed by atoms with Crippen molar-refractivity contribution in [3.05, 3.63) is 0 Å². The average Bonchev–Trinajstić information content (AvgIpc) is 2.26. The Labute approximate surface area is 88.1 Å². The molecule has 0 atom stereocenters. The molecule has 0 fully saturated rings. The van der Waals surface area contributed by atoms with Crippen molar-refractivity contribution in [2.45, 2.75) is 45.4 Å². The van der Waals surface area contributed by atoms with E-state index in [0.717, 1.165) is 18.9 Å². The highest BCUT2D eigenvalue weighted by Gasteiger charge is 2.43. The minimum absolute atomic E-state index is 0.617. The van der Waals surface area contributed by atoms with E-state index in [4.69, 9.17) is 19.0 Å². The minimum Gasteiger partial charge on any atom is -0.377 e. The largest absolute Gasteiger partial charge is 0.501 e. The molecule has 0 bridgehead atoms. The van der Waals surface area contributed by atoms with Crippen LogP contribution in [0.4, 0.5) is 0 Å². The van der Waals surface area contributed by atoms with Crippen molar-refractivity contribution in [1.82, 2.24) is 0 Å². The summed E-state index contributed by atoms with van der Waals surface area (Å²) in [6.07, 6.45) is 1.51. The maximum atomic E-state index is 6.06. The standard InChI is InChI=1S/C9H23NO3Si/c1-6-9(10,7-2)13-14(8-3,11-4)12-5/h6-8,10H2,1-5H3. The molecule has 0 saturated heterocycles. The van der Waals surface area contributed by atoms with Gasteiger partial charge in [-0.1, -0.05) is 20.8 Å². The molecule has 0 aliphatic carbocycles. The summed E-state index contributed by atoms with van der Waals surface area (Å²) in [4.78, 5) is 0. The first-order valence-corrected chi connectivity index (χ1v) is 7.04. The predicted molar refractivity (Wildman–Crippen MR) is 58.8 cm³/mol. The van der Waals surface area contributed by atoms with E-state index in [1.165, 1.54) is 0 Å². The lowest BCUT2D eigenvalue weighted by molar-refractivity contribution is -0.0185. The van der Waals surface area contributed by atoms with Crippen LogP contribution in [-0.4, -0.2) is 28.7 Å². The van der Waals surface area contributed by atoms with Gasteiger partial charge in [0.2, 0.25) is 0 Å². The monoisotopic (exact) mass is 221 g/mol. The second kappa shape index (κ2) is 5.82. The smallest absolute Gasteiger partial charge is 0.377 e. The van der Waals surface area contributed by atoms with Crippen molar-refractivity contribution in [3.63, 3.8) is 0 Å². The fourth-order valence-corrected chi connectivity index (χ4v) is 3.19. The molecule has 0 radical (unpaired) electrons. The number of hydrogen-bond donors (Lipinski definition) is 1. The zero-order valence-corrected chi connectivity index (χ0v) is 10.9. The van der Waals surface area contributed by atoms with Gasteiger partial charge >= 0.3 is 8.80 Å². The van der Waals surface area contributed by atoms with Crippen molar-refractivity contribution >= 4 is 8.80 Å². The third-order valence-electron chi connectivity index (χ3n) is 2.61. The molecular weight excluding hydrogens is 198 g/mol. The molecule has 0 unspecified atom stereocenters. The Balaban J connectivity index is 4.56. The van der Waals surface area contributed by atoms with E-state index in [1.807, 2.05) is 20.8 Å². The molecular formula is C9H23NO3Si. The van der Waals surface area contributed by atoms with Crippen LogP contribution in [0.2, 0.25) is 6.04 Å². The van der Waals surface area contributed by atoms with Crippen LogP contribution in [0, 0.1) is 0 Å². The van der Waals surface area contributed by atoms with E-state index in [2.05, 4.69) is 0 Å². The molecule has 86 valence electrons. The number of nitrogens with two attached hydrogens (primary N) is 1. The van der Waals surface area contributed by atoms with Crippen molar-refractivity contribution in [1.29, 1.82) is 0 Å². The molecule has 0 amide bonds. The van der Waals surface area contributed by atoms with Crippen LogP contribution < -0.4 is 5.73 Å². The minimum atomic E-state index is -2.52. The van der Waals surface area contributed by atoms with Gasteiger partial charge in [0.1, 0.15) is 5.72 Å². The van der Waals surface area contributed by atoms with Gasteiger partial charge in [-0.15, -0.1) is 0 Å². The van der Waals surface area contributed by atoms with Gasteiger partial charge in [0, 0.05) is 20.3 Å². The Morgan fingerprint density at radius 3 is 1.71 bits per heavy atom. The van der Waals surface area contributed by atoms with Gasteiger partial charge in [-0.2, -0.15) is 0 Å². The lowest BCUT2D eigenvalue weighted by Crippen LogP contribution is -2.55. The first-order valence-electron chi connectivity index (χ1n) is 5.10. The molecule has 14 heavy (non-hydrogen) atoms. The molecule has 0 aliphatic rings. The highest BCUT2D eigenvalue weighted by molar-refractivity contribution is 6.60. The predicted octanol–water partition coefficient (Wildman–Crippen LogP) is 1.73. The zero-order valence-electron chi connectivity index (χ0n) is 9.92. The molecule has 4 nitrogen and oxygen atoms in total. The van der Waals surface area contributed by atoms with Gasteiger partial charge in [0.05, 0.1) is 0 Å². The summed E-state index contributed by atoms with van der Waals surface area (Å²) in [6, 6.07) is 0.735. The summed E-state index contributed by atoms with van der Waals surface area (Å²) in [5.41, 5.74) is 5.45. The van der Waals surface area contributed by atoms with Crippen LogP contribution in [0.15, 0.2) is 0 Å². The molecule has 0 heterocycles. The molecule has 0 aromatic heterocycles. The molecule has 0 aromatic carbocycles. The van der Waals surface area contributed by atoms with Crippen molar-refractivity contribution < 1.29 is 13.3 Å². The molecule has 0 spiro atoms. The SMILES string of the molecule is CCC(N)(CC)O[Si](CC)(OC)OC.